The van der Waals surface area contributed by atoms with E-state index in [0.29, 0.717) is 19.7 Å². The summed E-state index contributed by atoms with van der Waals surface area (Å²) in [4.78, 5) is 32.1. The average Bonchev–Trinajstić information content (AvgIpc) is 2.52. The minimum atomic E-state index is -0.947. The van der Waals surface area contributed by atoms with E-state index in [1.165, 1.54) is 6.33 Å². The van der Waals surface area contributed by atoms with Gasteiger partial charge in [-0.25, -0.2) is 9.97 Å². The molecule has 7 heteroatoms. The molecule has 0 unspecified atom stereocenters. The first-order valence-electron chi connectivity index (χ1n) is 7.01. The Hall–Kier alpha value is -2.02. The van der Waals surface area contributed by atoms with Gasteiger partial charge in [0.2, 0.25) is 5.91 Å². The van der Waals surface area contributed by atoms with Gasteiger partial charge in [0.25, 0.3) is 0 Å². The van der Waals surface area contributed by atoms with Crippen LogP contribution in [0.3, 0.4) is 0 Å². The van der Waals surface area contributed by atoms with Gasteiger partial charge in [0.05, 0.1) is 19.1 Å². The monoisotopic (exact) mass is 293 g/mol. The van der Waals surface area contributed by atoms with Crippen LogP contribution in [-0.2, 0) is 20.7 Å². The number of morpholine rings is 1. The summed E-state index contributed by atoms with van der Waals surface area (Å²) in [5, 5.41) is 8.62. The van der Waals surface area contributed by atoms with Gasteiger partial charge in [-0.1, -0.05) is 0 Å². The lowest BCUT2D eigenvalue weighted by atomic mass is 10.1. The maximum absolute atomic E-state index is 11.9. The van der Waals surface area contributed by atoms with Crippen LogP contribution < -0.4 is 0 Å². The number of carbonyl (C=O) groups excluding carboxylic acids is 1. The van der Waals surface area contributed by atoms with Gasteiger partial charge < -0.3 is 14.7 Å². The molecular weight excluding hydrogens is 274 g/mol. The molecule has 1 aliphatic heterocycles. The Bertz CT molecular complexity index is 480. The quantitative estimate of drug-likeness (QED) is 0.821. The summed E-state index contributed by atoms with van der Waals surface area (Å²) in [5.41, 5.74) is 0.947. The number of hydrogen-bond donors (Lipinski definition) is 1. The number of aromatic nitrogens is 2. The fraction of sp³-hybridized carbons (Fsp3) is 0.571. The van der Waals surface area contributed by atoms with E-state index in [1.54, 1.807) is 11.1 Å². The molecule has 1 aromatic rings. The highest BCUT2D eigenvalue weighted by Crippen LogP contribution is 2.13. The molecule has 1 fully saturated rings. The van der Waals surface area contributed by atoms with Crippen molar-refractivity contribution in [1.82, 2.24) is 14.9 Å². The van der Waals surface area contributed by atoms with Crippen LogP contribution in [0, 0.1) is 0 Å². The maximum Gasteiger partial charge on any atom is 0.303 e. The third-order valence-electron chi connectivity index (χ3n) is 3.41. The van der Waals surface area contributed by atoms with Crippen molar-refractivity contribution >= 4 is 11.9 Å². The summed E-state index contributed by atoms with van der Waals surface area (Å²) >= 11 is 0. The molecule has 1 saturated heterocycles. The molecule has 1 aromatic heterocycles. The molecule has 0 aromatic carbocycles. The second-order valence-corrected chi connectivity index (χ2v) is 4.97. The minimum Gasteiger partial charge on any atom is -0.481 e. The van der Waals surface area contributed by atoms with Gasteiger partial charge in [0.1, 0.15) is 6.33 Å². The van der Waals surface area contributed by atoms with Crippen molar-refractivity contribution < 1.29 is 19.4 Å². The number of ether oxygens (including phenoxy) is 1. The Kier molecular flexibility index (Phi) is 5.62. The molecule has 1 atom stereocenters. The summed E-state index contributed by atoms with van der Waals surface area (Å²) in [6, 6.07) is 1.86. The fourth-order valence-corrected chi connectivity index (χ4v) is 2.27. The number of rotatable bonds is 6. The highest BCUT2D eigenvalue weighted by Gasteiger charge is 2.24. The van der Waals surface area contributed by atoms with Crippen LogP contribution in [0.4, 0.5) is 0 Å². The summed E-state index contributed by atoms with van der Waals surface area (Å²) in [6.45, 7) is 1.54. The Morgan fingerprint density at radius 2 is 2.29 bits per heavy atom. The number of aliphatic carboxylic acids is 1. The van der Waals surface area contributed by atoms with Gasteiger partial charge in [0, 0.05) is 31.4 Å². The minimum absolute atomic E-state index is 0.0255. The number of carboxylic acids is 1. The van der Waals surface area contributed by atoms with Crippen molar-refractivity contribution in [3.05, 3.63) is 24.3 Å². The Balaban J connectivity index is 1.77. The molecule has 0 radical (unpaired) electrons. The van der Waals surface area contributed by atoms with Crippen LogP contribution in [0.1, 0.15) is 25.0 Å². The maximum atomic E-state index is 11.9. The van der Waals surface area contributed by atoms with E-state index in [9.17, 15) is 9.59 Å². The molecule has 0 spiro atoms. The predicted molar refractivity (Wildman–Crippen MR) is 73.5 cm³/mol. The molecule has 0 aliphatic carbocycles. The first kappa shape index (κ1) is 15.4. The van der Waals surface area contributed by atoms with Crippen LogP contribution in [0.2, 0.25) is 0 Å². The average molecular weight is 293 g/mol. The normalized spacial score (nSPS) is 18.5. The van der Waals surface area contributed by atoms with Gasteiger partial charge in [-0.2, -0.15) is 0 Å². The summed E-state index contributed by atoms with van der Waals surface area (Å²) in [5.74, 6) is -1.07. The van der Waals surface area contributed by atoms with Crippen LogP contribution in [0.25, 0.3) is 0 Å². The number of carbonyl (C=O) groups is 2. The van der Waals surface area contributed by atoms with Gasteiger partial charge in [-0.15, -0.1) is 0 Å². The molecule has 1 N–H and O–H groups in total. The lowest BCUT2D eigenvalue weighted by molar-refractivity contribution is -0.144. The van der Waals surface area contributed by atoms with Crippen LogP contribution in [-0.4, -0.2) is 57.7 Å². The highest BCUT2D eigenvalue weighted by atomic mass is 16.5. The number of nitrogens with zero attached hydrogens (tertiary/aromatic N) is 3. The molecule has 1 amide bonds. The second-order valence-electron chi connectivity index (χ2n) is 4.97. The van der Waals surface area contributed by atoms with E-state index in [1.807, 2.05) is 6.07 Å². The van der Waals surface area contributed by atoms with Crippen molar-refractivity contribution in [2.75, 3.05) is 19.7 Å². The number of carboxylic acid groups (broad SMARTS) is 1. The zero-order chi connectivity index (χ0) is 15.1. The Labute approximate surface area is 123 Å². The first-order valence-corrected chi connectivity index (χ1v) is 7.01. The molecule has 0 saturated carbocycles. The van der Waals surface area contributed by atoms with Crippen LogP contribution in [0.5, 0.6) is 0 Å². The highest BCUT2D eigenvalue weighted by molar-refractivity contribution is 5.80. The molecule has 7 nitrogen and oxygen atoms in total. The summed E-state index contributed by atoms with van der Waals surface area (Å²) < 4.78 is 5.65. The van der Waals surface area contributed by atoms with Crippen LogP contribution >= 0.6 is 0 Å². The Morgan fingerprint density at radius 1 is 1.43 bits per heavy atom. The molecule has 114 valence electrons. The summed E-state index contributed by atoms with van der Waals surface area (Å²) in [6.07, 6.45) is 4.66. The number of amides is 1. The number of aryl methyl sites for hydroxylation is 1. The van der Waals surface area contributed by atoms with Crippen molar-refractivity contribution in [3.8, 4) is 0 Å². The van der Waals surface area contributed by atoms with Gasteiger partial charge in [-0.3, -0.25) is 9.59 Å². The second kappa shape index (κ2) is 7.68. The molecule has 21 heavy (non-hydrogen) atoms. The SMILES string of the molecule is O=C(O)CCC(=O)N1CCO[C@@H](CCc2ccncn2)C1. The van der Waals surface area contributed by atoms with Crippen molar-refractivity contribution in [3.63, 3.8) is 0 Å². The van der Waals surface area contributed by atoms with Crippen molar-refractivity contribution in [1.29, 1.82) is 0 Å². The molecular formula is C14H19N3O4. The van der Waals surface area contributed by atoms with Crippen molar-refractivity contribution in [2.45, 2.75) is 31.8 Å². The molecule has 2 rings (SSSR count). The largest absolute Gasteiger partial charge is 0.481 e. The van der Waals surface area contributed by atoms with E-state index in [4.69, 9.17) is 9.84 Å². The third kappa shape index (κ3) is 5.11. The van der Waals surface area contributed by atoms with E-state index in [0.717, 1.165) is 18.5 Å². The Morgan fingerprint density at radius 3 is 3.00 bits per heavy atom. The summed E-state index contributed by atoms with van der Waals surface area (Å²) in [7, 11) is 0. The van der Waals surface area contributed by atoms with Crippen molar-refractivity contribution in [2.24, 2.45) is 0 Å². The smallest absolute Gasteiger partial charge is 0.303 e. The van der Waals surface area contributed by atoms with E-state index >= 15 is 0 Å². The van der Waals surface area contributed by atoms with E-state index < -0.39 is 5.97 Å². The zero-order valence-electron chi connectivity index (χ0n) is 11.8. The molecule has 0 bridgehead atoms. The standard InChI is InChI=1S/C14H19N3O4/c18-13(3-4-14(19)20)17-7-8-21-12(9-17)2-1-11-5-6-15-10-16-11/h5-6,10,12H,1-4,7-9H2,(H,19,20)/t12-/m0/s1. The topological polar surface area (TPSA) is 92.6 Å². The first-order chi connectivity index (χ1) is 10.1. The zero-order valence-corrected chi connectivity index (χ0v) is 11.8. The van der Waals surface area contributed by atoms with E-state index in [-0.39, 0.29) is 24.9 Å². The van der Waals surface area contributed by atoms with Crippen LogP contribution in [0.15, 0.2) is 18.6 Å². The van der Waals surface area contributed by atoms with E-state index in [2.05, 4.69) is 9.97 Å². The third-order valence-corrected chi connectivity index (χ3v) is 3.41. The van der Waals surface area contributed by atoms with Gasteiger partial charge >= 0.3 is 5.97 Å². The lowest BCUT2D eigenvalue weighted by Crippen LogP contribution is -2.45. The fourth-order valence-electron chi connectivity index (χ4n) is 2.27. The molecule has 2 heterocycles. The number of hydrogen-bond acceptors (Lipinski definition) is 5. The van der Waals surface area contributed by atoms with Gasteiger partial charge in [0.15, 0.2) is 0 Å². The lowest BCUT2D eigenvalue weighted by Gasteiger charge is -2.33. The molecule has 1 aliphatic rings. The van der Waals surface area contributed by atoms with Gasteiger partial charge in [-0.05, 0) is 18.9 Å². The predicted octanol–water partition coefficient (Wildman–Crippen LogP) is 0.501.